The summed E-state index contributed by atoms with van der Waals surface area (Å²) in [6.07, 6.45) is 2.32. The Bertz CT molecular complexity index is 768. The molecular weight excluding hydrogens is 319 g/mol. The second kappa shape index (κ2) is 7.19. The highest BCUT2D eigenvalue weighted by Crippen LogP contribution is 2.29. The highest BCUT2D eigenvalue weighted by molar-refractivity contribution is 5.98. The fourth-order valence-electron chi connectivity index (χ4n) is 3.18. The summed E-state index contributed by atoms with van der Waals surface area (Å²) in [6.45, 7) is 3.78. The molecule has 0 spiro atoms. The minimum absolute atomic E-state index is 0.0440. The van der Waals surface area contributed by atoms with E-state index in [4.69, 9.17) is 5.73 Å². The van der Waals surface area contributed by atoms with Crippen molar-refractivity contribution in [3.63, 3.8) is 0 Å². The third-order valence-corrected chi connectivity index (χ3v) is 4.78. The molecule has 1 fully saturated rings. The lowest BCUT2D eigenvalue weighted by Crippen LogP contribution is -2.29. The van der Waals surface area contributed by atoms with Gasteiger partial charge in [0, 0.05) is 5.69 Å². The Kier molecular flexibility index (Phi) is 4.99. The van der Waals surface area contributed by atoms with Crippen molar-refractivity contribution in [2.24, 2.45) is 5.73 Å². The van der Waals surface area contributed by atoms with Gasteiger partial charge in [-0.15, -0.1) is 0 Å². The maximum Gasteiger partial charge on any atom is 0.252 e. The van der Waals surface area contributed by atoms with Crippen molar-refractivity contribution < 1.29 is 9.18 Å². The number of hydrogen-bond donors (Lipinski definition) is 2. The van der Waals surface area contributed by atoms with Crippen molar-refractivity contribution in [2.75, 3.05) is 25.5 Å². The van der Waals surface area contributed by atoms with E-state index in [1.165, 1.54) is 5.56 Å². The van der Waals surface area contributed by atoms with Crippen LogP contribution in [0, 0.1) is 12.7 Å². The van der Waals surface area contributed by atoms with E-state index < -0.39 is 11.7 Å². The van der Waals surface area contributed by atoms with Gasteiger partial charge in [-0.1, -0.05) is 12.1 Å². The third-order valence-electron chi connectivity index (χ3n) is 4.78. The molecule has 1 saturated heterocycles. The fourth-order valence-corrected chi connectivity index (χ4v) is 3.18. The smallest absolute Gasteiger partial charge is 0.252 e. The number of halogens is 1. The molecule has 0 unspecified atom stereocenters. The van der Waals surface area contributed by atoms with Gasteiger partial charge in [-0.05, 0) is 69.6 Å². The predicted octanol–water partition coefficient (Wildman–Crippen LogP) is 3.18. The number of nitrogens with zero attached hydrogens (tertiary/aromatic N) is 2. The summed E-state index contributed by atoms with van der Waals surface area (Å²) in [7, 11) is 2.15. The van der Waals surface area contributed by atoms with Gasteiger partial charge in [-0.25, -0.2) is 9.37 Å². The van der Waals surface area contributed by atoms with Crippen molar-refractivity contribution in [1.82, 2.24) is 9.88 Å². The molecular formula is C19H23FN4O. The molecule has 5 nitrogen and oxygen atoms in total. The van der Waals surface area contributed by atoms with Gasteiger partial charge < -0.3 is 16.0 Å². The largest absolute Gasteiger partial charge is 0.365 e. The zero-order valence-electron chi connectivity index (χ0n) is 14.6. The number of hydrogen-bond acceptors (Lipinski definition) is 4. The Balaban J connectivity index is 1.78. The molecule has 3 N–H and O–H groups in total. The maximum absolute atomic E-state index is 13.6. The molecule has 0 aliphatic carbocycles. The molecule has 2 aromatic rings. The molecule has 0 bridgehead atoms. The van der Waals surface area contributed by atoms with Crippen LogP contribution in [0.25, 0.3) is 0 Å². The lowest BCUT2D eigenvalue weighted by Gasteiger charge is -2.29. The summed E-state index contributed by atoms with van der Waals surface area (Å²) in [5, 5.41) is 3.07. The molecule has 1 aromatic heterocycles. The lowest BCUT2D eigenvalue weighted by atomic mass is 9.89. The van der Waals surface area contributed by atoms with Gasteiger partial charge in [-0.2, -0.15) is 0 Å². The number of carbonyl (C=O) groups is 1. The maximum atomic E-state index is 13.6. The first kappa shape index (κ1) is 17.4. The van der Waals surface area contributed by atoms with E-state index >= 15 is 0 Å². The zero-order chi connectivity index (χ0) is 18.0. The average Bonchev–Trinajstić information content (AvgIpc) is 2.59. The number of benzene rings is 1. The van der Waals surface area contributed by atoms with Gasteiger partial charge in [0.15, 0.2) is 0 Å². The van der Waals surface area contributed by atoms with Gasteiger partial charge in [0.25, 0.3) is 5.91 Å². The van der Waals surface area contributed by atoms with Crippen molar-refractivity contribution in [3.05, 3.63) is 53.0 Å². The molecule has 0 radical (unpaired) electrons. The monoisotopic (exact) mass is 342 g/mol. The molecule has 1 amide bonds. The van der Waals surface area contributed by atoms with Gasteiger partial charge in [-0.3, -0.25) is 4.79 Å². The van der Waals surface area contributed by atoms with E-state index in [-0.39, 0.29) is 17.1 Å². The number of primary amides is 1. The van der Waals surface area contributed by atoms with E-state index in [1.807, 2.05) is 12.1 Å². The minimum atomic E-state index is -0.711. The number of nitrogens with one attached hydrogen (secondary N) is 1. The van der Waals surface area contributed by atoms with E-state index in [0.29, 0.717) is 5.92 Å². The van der Waals surface area contributed by atoms with E-state index in [0.717, 1.165) is 37.7 Å². The van der Waals surface area contributed by atoms with E-state index in [1.54, 1.807) is 6.92 Å². The normalized spacial score (nSPS) is 16.0. The van der Waals surface area contributed by atoms with Crippen LogP contribution in [0.1, 0.15) is 40.4 Å². The standard InChI is InChI=1S/C19H23FN4O/c1-12-17(20)11-16(18(21)25)19(22-12)23-15-5-3-13(4-6-15)14-7-9-24(2)10-8-14/h3-6,11,14H,7-10H2,1-2H3,(H2,21,25)(H,22,23). The van der Waals surface area contributed by atoms with Gasteiger partial charge in [0.05, 0.1) is 11.3 Å². The fraction of sp³-hybridized carbons (Fsp3) is 0.368. The molecule has 1 aliphatic rings. The van der Waals surface area contributed by atoms with Crippen LogP contribution in [0.5, 0.6) is 0 Å². The SMILES string of the molecule is Cc1nc(Nc2ccc(C3CCN(C)CC3)cc2)c(C(N)=O)cc1F. The number of pyridine rings is 1. The molecule has 1 aromatic carbocycles. The molecule has 0 atom stereocenters. The molecule has 1 aliphatic heterocycles. The summed E-state index contributed by atoms with van der Waals surface area (Å²) in [6, 6.07) is 9.23. The van der Waals surface area contributed by atoms with E-state index in [9.17, 15) is 9.18 Å². The summed E-state index contributed by atoms with van der Waals surface area (Å²) in [5.41, 5.74) is 7.70. The van der Waals surface area contributed by atoms with Crippen LogP contribution in [-0.2, 0) is 0 Å². The van der Waals surface area contributed by atoms with Crippen LogP contribution in [0.4, 0.5) is 15.9 Å². The Labute approximate surface area is 147 Å². The summed E-state index contributed by atoms with van der Waals surface area (Å²) in [5.74, 6) is -0.398. The molecule has 25 heavy (non-hydrogen) atoms. The molecule has 6 heteroatoms. The first-order valence-electron chi connectivity index (χ1n) is 8.46. The Hall–Kier alpha value is -2.47. The van der Waals surface area contributed by atoms with Crippen molar-refractivity contribution in [1.29, 1.82) is 0 Å². The van der Waals surface area contributed by atoms with Gasteiger partial charge >= 0.3 is 0 Å². The van der Waals surface area contributed by atoms with Gasteiger partial charge in [0.1, 0.15) is 11.6 Å². The van der Waals surface area contributed by atoms with Crippen molar-refractivity contribution >= 4 is 17.4 Å². The third kappa shape index (κ3) is 3.96. The molecule has 0 saturated carbocycles. The molecule has 3 rings (SSSR count). The van der Waals surface area contributed by atoms with Crippen LogP contribution in [0.3, 0.4) is 0 Å². The van der Waals surface area contributed by atoms with Crippen LogP contribution in [0.2, 0.25) is 0 Å². The Morgan fingerprint density at radius 2 is 1.92 bits per heavy atom. The Morgan fingerprint density at radius 1 is 1.28 bits per heavy atom. The lowest BCUT2D eigenvalue weighted by molar-refractivity contribution is 0.100. The number of aromatic nitrogens is 1. The minimum Gasteiger partial charge on any atom is -0.365 e. The molecule has 2 heterocycles. The van der Waals surface area contributed by atoms with Crippen LogP contribution in [0.15, 0.2) is 30.3 Å². The van der Waals surface area contributed by atoms with Crippen LogP contribution in [-0.4, -0.2) is 35.9 Å². The topological polar surface area (TPSA) is 71.2 Å². The quantitative estimate of drug-likeness (QED) is 0.895. The number of amides is 1. The first-order chi connectivity index (χ1) is 11.9. The summed E-state index contributed by atoms with van der Waals surface area (Å²) < 4.78 is 13.6. The first-order valence-corrected chi connectivity index (χ1v) is 8.46. The Morgan fingerprint density at radius 3 is 2.52 bits per heavy atom. The van der Waals surface area contributed by atoms with Crippen LogP contribution < -0.4 is 11.1 Å². The molecule has 132 valence electrons. The number of nitrogens with two attached hydrogens (primary N) is 1. The number of aryl methyl sites for hydroxylation is 1. The predicted molar refractivity (Wildman–Crippen MR) is 96.6 cm³/mol. The second-order valence-electron chi connectivity index (χ2n) is 6.64. The summed E-state index contributed by atoms with van der Waals surface area (Å²) >= 11 is 0. The van der Waals surface area contributed by atoms with E-state index in [2.05, 4.69) is 34.4 Å². The summed E-state index contributed by atoms with van der Waals surface area (Å²) in [4.78, 5) is 18.0. The second-order valence-corrected chi connectivity index (χ2v) is 6.64. The number of anilines is 2. The zero-order valence-corrected chi connectivity index (χ0v) is 14.6. The van der Waals surface area contributed by atoms with Gasteiger partial charge in [0.2, 0.25) is 0 Å². The van der Waals surface area contributed by atoms with Crippen LogP contribution >= 0.6 is 0 Å². The number of likely N-dealkylation sites (tertiary alicyclic amines) is 1. The van der Waals surface area contributed by atoms with Crippen molar-refractivity contribution in [3.8, 4) is 0 Å². The number of piperidine rings is 1. The average molecular weight is 342 g/mol. The highest BCUT2D eigenvalue weighted by atomic mass is 19.1. The number of rotatable bonds is 4. The highest BCUT2D eigenvalue weighted by Gasteiger charge is 2.18. The van der Waals surface area contributed by atoms with Crippen molar-refractivity contribution in [2.45, 2.75) is 25.7 Å². The number of carbonyl (C=O) groups excluding carboxylic acids is 1.